The van der Waals surface area contributed by atoms with E-state index in [4.69, 9.17) is 9.26 Å². The van der Waals surface area contributed by atoms with Crippen LogP contribution in [0.25, 0.3) is 0 Å². The Labute approximate surface area is 260 Å². The summed E-state index contributed by atoms with van der Waals surface area (Å²) in [7, 11) is -8.58. The Hall–Kier alpha value is -0.0200. The van der Waals surface area contributed by atoms with Crippen molar-refractivity contribution in [3.8, 4) is 0 Å². The number of allylic oxidation sites excluding steroid dienone is 2. The topological polar surface area (TPSA) is 102 Å². The van der Waals surface area contributed by atoms with Gasteiger partial charge in [-0.1, -0.05) is 94.6 Å². The predicted octanol–water partition coefficient (Wildman–Crippen LogP) is 4.68. The van der Waals surface area contributed by atoms with Gasteiger partial charge in [-0.25, -0.2) is 0 Å². The van der Waals surface area contributed by atoms with Crippen molar-refractivity contribution in [2.45, 2.75) is 115 Å². The summed E-state index contributed by atoms with van der Waals surface area (Å²) in [6.45, 7) is 5.05. The van der Waals surface area contributed by atoms with Crippen LogP contribution in [0, 0.1) is 6.92 Å². The van der Waals surface area contributed by atoms with Crippen molar-refractivity contribution in [2.24, 2.45) is 0 Å². The van der Waals surface area contributed by atoms with E-state index in [0.717, 1.165) is 18.4 Å². The molecule has 0 N–H and O–H groups in total. The van der Waals surface area contributed by atoms with Gasteiger partial charge in [0.25, 0.3) is 10.1 Å². The van der Waals surface area contributed by atoms with Crippen LogP contribution in [-0.4, -0.2) is 34.6 Å². The summed E-state index contributed by atoms with van der Waals surface area (Å²) >= 11 is 0. The quantitative estimate of drug-likeness (QED) is 0.0531. The second kappa shape index (κ2) is 24.6. The van der Waals surface area contributed by atoms with Crippen molar-refractivity contribution in [3.63, 3.8) is 0 Å². The first-order valence-corrected chi connectivity index (χ1v) is 17.5. The fourth-order valence-electron chi connectivity index (χ4n) is 3.86. The Morgan fingerprint density at radius 1 is 0.769 bits per heavy atom. The van der Waals surface area contributed by atoms with Crippen LogP contribution in [0.2, 0.25) is 0 Å². The van der Waals surface area contributed by atoms with Crippen molar-refractivity contribution in [1.29, 1.82) is 0 Å². The Kier molecular flexibility index (Phi) is 24.6. The molecule has 0 heterocycles. The largest absolute Gasteiger partial charge is 1.00 e. The van der Waals surface area contributed by atoms with Crippen molar-refractivity contribution in [2.75, 3.05) is 26.2 Å². The van der Waals surface area contributed by atoms with Crippen LogP contribution in [0.1, 0.15) is 109 Å². The molecular weight excluding hydrogens is 546 g/mol. The molecule has 0 aromatic heterocycles. The molecule has 39 heavy (non-hydrogen) atoms. The molecule has 0 amide bonds. The number of hydrogen-bond donors (Lipinski definition) is 0. The summed E-state index contributed by atoms with van der Waals surface area (Å²) in [5, 5.41) is 0. The molecule has 1 aromatic carbocycles. The van der Waals surface area contributed by atoms with Crippen LogP contribution < -0.4 is 34.5 Å². The summed E-state index contributed by atoms with van der Waals surface area (Å²) < 4.78 is 51.2. The zero-order chi connectivity index (χ0) is 28.0. The summed E-state index contributed by atoms with van der Waals surface area (Å²) in [5.74, 6) is 0. The van der Waals surface area contributed by atoms with E-state index in [-0.39, 0.29) is 41.1 Å². The van der Waals surface area contributed by atoms with Gasteiger partial charge in [0.05, 0.1) is 11.5 Å². The van der Waals surface area contributed by atoms with Crippen LogP contribution in [0.4, 0.5) is 0 Å². The zero-order valence-corrected chi connectivity index (χ0v) is 28.3. The fraction of sp³-hybridized carbons (Fsp3) is 0.724. The molecule has 0 spiro atoms. The maximum absolute atomic E-state index is 12.1. The number of unbranched alkanes of at least 4 members (excludes halogenated alkanes) is 12. The van der Waals surface area contributed by atoms with E-state index in [1.165, 1.54) is 89.2 Å². The van der Waals surface area contributed by atoms with Gasteiger partial charge < -0.3 is 18.7 Å². The van der Waals surface area contributed by atoms with Gasteiger partial charge in [-0.3, -0.25) is 4.18 Å². The number of hydrogen-bond acceptors (Lipinski definition) is 7. The molecule has 0 aliphatic heterocycles. The fourth-order valence-corrected chi connectivity index (χ4v) is 6.02. The third-order valence-corrected chi connectivity index (χ3v) is 8.67. The molecular formula is C29H50NaO7PS. The van der Waals surface area contributed by atoms with Crippen molar-refractivity contribution in [3.05, 3.63) is 42.0 Å². The van der Waals surface area contributed by atoms with Gasteiger partial charge in [-0.2, -0.15) is 8.42 Å². The normalized spacial score (nSPS) is 13.4. The van der Waals surface area contributed by atoms with Gasteiger partial charge in [0.1, 0.15) is 6.35 Å². The Morgan fingerprint density at radius 2 is 1.28 bits per heavy atom. The second-order valence-electron chi connectivity index (χ2n) is 9.86. The molecule has 0 radical (unpaired) electrons. The average molecular weight is 597 g/mol. The first-order chi connectivity index (χ1) is 18.3. The van der Waals surface area contributed by atoms with E-state index in [2.05, 4.69) is 23.3 Å². The Balaban J connectivity index is 0.0000144. The van der Waals surface area contributed by atoms with Crippen LogP contribution >= 0.6 is 7.60 Å². The zero-order valence-electron chi connectivity index (χ0n) is 24.6. The first kappa shape index (κ1) is 39.0. The molecule has 0 saturated heterocycles. The monoisotopic (exact) mass is 596 g/mol. The van der Waals surface area contributed by atoms with E-state index in [1.54, 1.807) is 12.1 Å². The molecule has 1 atom stereocenters. The maximum atomic E-state index is 12.1. The van der Waals surface area contributed by atoms with Crippen LogP contribution in [0.5, 0.6) is 0 Å². The van der Waals surface area contributed by atoms with Gasteiger partial charge in [-0.05, 0) is 57.6 Å². The van der Waals surface area contributed by atoms with Crippen molar-refractivity contribution in [1.82, 2.24) is 0 Å². The van der Waals surface area contributed by atoms with E-state index in [1.807, 2.05) is 6.92 Å². The first-order valence-electron chi connectivity index (χ1n) is 14.4. The molecule has 0 saturated carbocycles. The molecule has 0 aliphatic carbocycles. The molecule has 0 fully saturated rings. The van der Waals surface area contributed by atoms with E-state index in [0.29, 0.717) is 19.6 Å². The second-order valence-corrected chi connectivity index (χ2v) is 13.2. The van der Waals surface area contributed by atoms with Gasteiger partial charge in [-0.15, -0.1) is 0 Å². The minimum absolute atomic E-state index is 0. The Bertz CT molecular complexity index is 891. The van der Waals surface area contributed by atoms with Crippen molar-refractivity contribution >= 4 is 17.7 Å². The third kappa shape index (κ3) is 22.3. The SMILES string of the molecule is CCCCCCCC/C=C/CCCCCCCCOCCCOP(=O)([O-])COS(=O)(=O)c1ccc(C)cc1.[Na+]. The van der Waals surface area contributed by atoms with Gasteiger partial charge >= 0.3 is 29.6 Å². The van der Waals surface area contributed by atoms with Gasteiger partial charge in [0.2, 0.25) is 0 Å². The molecule has 1 aromatic rings. The van der Waals surface area contributed by atoms with E-state index < -0.39 is 24.1 Å². The van der Waals surface area contributed by atoms with E-state index in [9.17, 15) is 17.9 Å². The molecule has 1 rings (SSSR count). The van der Waals surface area contributed by atoms with E-state index >= 15 is 0 Å². The molecule has 10 heteroatoms. The minimum atomic E-state index is -4.43. The average Bonchev–Trinajstić information content (AvgIpc) is 2.89. The number of benzene rings is 1. The summed E-state index contributed by atoms with van der Waals surface area (Å²) in [6, 6.07) is 5.97. The number of rotatable bonds is 25. The van der Waals surface area contributed by atoms with Crippen LogP contribution in [0.3, 0.4) is 0 Å². The summed E-state index contributed by atoms with van der Waals surface area (Å²) in [4.78, 5) is 11.8. The standard InChI is InChI=1S/C29H51O7PS.Na/c1-3-4-5-6-7-8-9-10-11-12-13-14-15-16-17-18-24-34-25-19-26-35-37(30,31)27-36-38(32,33)29-22-20-28(2)21-23-29;/h10-11,20-23H,3-9,12-19,24-27H2,1-2H3,(H,30,31);/q;+1/p-1/b11-10+;. The third-order valence-electron chi connectivity index (χ3n) is 6.20. The summed E-state index contributed by atoms with van der Waals surface area (Å²) in [6.07, 6.45) is 21.7. The number of aryl methyl sites for hydroxylation is 1. The maximum Gasteiger partial charge on any atom is 1.00 e. The van der Waals surface area contributed by atoms with Crippen LogP contribution in [-0.2, 0) is 28.1 Å². The van der Waals surface area contributed by atoms with Gasteiger partial charge in [0, 0.05) is 13.2 Å². The van der Waals surface area contributed by atoms with Crippen LogP contribution in [0.15, 0.2) is 41.3 Å². The van der Waals surface area contributed by atoms with Crippen molar-refractivity contribution < 1.29 is 60.9 Å². The minimum Gasteiger partial charge on any atom is -0.777 e. The predicted molar refractivity (Wildman–Crippen MR) is 153 cm³/mol. The number of ether oxygens (including phenoxy) is 1. The Morgan fingerprint density at radius 3 is 1.87 bits per heavy atom. The smallest absolute Gasteiger partial charge is 0.777 e. The van der Waals surface area contributed by atoms with Gasteiger partial charge in [0.15, 0.2) is 7.60 Å². The molecule has 0 bridgehead atoms. The molecule has 7 nitrogen and oxygen atoms in total. The summed E-state index contributed by atoms with van der Waals surface area (Å²) in [5.41, 5.74) is 0.886. The molecule has 0 aliphatic rings. The molecule has 220 valence electrons. The molecule has 1 unspecified atom stereocenters.